The van der Waals surface area contributed by atoms with Crippen molar-refractivity contribution in [1.82, 2.24) is 72.7 Å². The highest BCUT2D eigenvalue weighted by Crippen LogP contribution is 2.46. The molecule has 0 bridgehead atoms. The molecule has 16 N–H and O–H groups in total. The number of ether oxygens (including phenoxy) is 5. The fourth-order valence-electron chi connectivity index (χ4n) is 14.5. The third-order valence-corrected chi connectivity index (χ3v) is 20.8. The van der Waals surface area contributed by atoms with E-state index in [9.17, 15) is 40.2 Å². The van der Waals surface area contributed by atoms with Crippen LogP contribution in [0.2, 0.25) is 0 Å². The second-order valence-corrected chi connectivity index (χ2v) is 27.2. The quantitative estimate of drug-likeness (QED) is 0.0607. The molecule has 0 amide bonds. The lowest BCUT2D eigenvalue weighted by atomic mass is 9.90. The summed E-state index contributed by atoms with van der Waals surface area (Å²) in [6.45, 7) is 16.2. The predicted molar refractivity (Wildman–Crippen MR) is 380 cm³/mol. The van der Waals surface area contributed by atoms with Crippen LogP contribution in [-0.4, -0.2) is 184 Å². The number of hydrogen-bond donors (Lipinski definition) is 11. The van der Waals surface area contributed by atoms with Crippen LogP contribution >= 0.6 is 0 Å². The Balaban J connectivity index is 0.000000129. The molecule has 10 aromatic heterocycles. The normalized spacial score (nSPS) is 27.7. The third kappa shape index (κ3) is 13.2. The molecule has 33 nitrogen and oxygen atoms in total. The molecule has 5 saturated heterocycles. The Kier molecular flexibility index (Phi) is 21.3. The molecule has 5 aliphatic rings. The summed E-state index contributed by atoms with van der Waals surface area (Å²) in [4.78, 5) is 63.7. The second-order valence-electron chi connectivity index (χ2n) is 27.2. The van der Waals surface area contributed by atoms with Gasteiger partial charge < -0.3 is 115 Å². The summed E-state index contributed by atoms with van der Waals surface area (Å²) in [5.41, 5.74) is 33.5. The number of anilines is 5. The zero-order valence-corrected chi connectivity index (χ0v) is 58.6. The zero-order valence-electron chi connectivity index (χ0n) is 58.6. The lowest BCUT2D eigenvalue weighted by Gasteiger charge is -2.28. The van der Waals surface area contributed by atoms with Crippen molar-refractivity contribution in [2.24, 2.45) is 23.7 Å². The van der Waals surface area contributed by atoms with Crippen molar-refractivity contribution in [1.29, 1.82) is 0 Å². The van der Waals surface area contributed by atoms with Crippen LogP contribution in [0.25, 0.3) is 55.2 Å². The first kappa shape index (κ1) is 74.3. The van der Waals surface area contributed by atoms with Crippen LogP contribution in [0.15, 0.2) is 62.6 Å². The smallest absolute Gasteiger partial charge is 0.179 e. The highest BCUT2D eigenvalue weighted by atomic mass is 16.6. The monoisotopic (exact) mass is 1420 g/mol. The van der Waals surface area contributed by atoms with Gasteiger partial charge in [-0.1, -0.05) is 39.5 Å². The summed E-state index contributed by atoms with van der Waals surface area (Å²) in [7, 11) is 0. The fourth-order valence-corrected chi connectivity index (χ4v) is 14.5. The molecule has 14 atom stereocenters. The van der Waals surface area contributed by atoms with Crippen molar-refractivity contribution in [3.05, 3.63) is 90.4 Å². The van der Waals surface area contributed by atoms with Gasteiger partial charge in [-0.05, 0) is 106 Å². The van der Waals surface area contributed by atoms with Crippen molar-refractivity contribution in [3.63, 3.8) is 0 Å². The van der Waals surface area contributed by atoms with Gasteiger partial charge in [0, 0.05) is 43.3 Å². The minimum absolute atomic E-state index is 0.0365. The van der Waals surface area contributed by atoms with E-state index in [0.29, 0.717) is 71.6 Å². The Bertz CT molecular complexity index is 4740. The van der Waals surface area contributed by atoms with Gasteiger partial charge in [0.15, 0.2) is 23.1 Å². The molecule has 0 unspecified atom stereocenters. The van der Waals surface area contributed by atoms with Crippen LogP contribution < -0.4 is 28.7 Å². The van der Waals surface area contributed by atoms with Crippen LogP contribution in [0.1, 0.15) is 119 Å². The van der Waals surface area contributed by atoms with E-state index >= 15 is 0 Å². The number of nitrogen functional groups attached to an aromatic ring is 5. The van der Waals surface area contributed by atoms with Gasteiger partial charge in [0.1, 0.15) is 144 Å². The predicted octanol–water partition coefficient (Wildman–Crippen LogP) is 4.06. The summed E-state index contributed by atoms with van der Waals surface area (Å²) in [6.07, 6.45) is 29.3. The number of rotatable bonds is 12. The maximum absolute atomic E-state index is 11.3. The first-order valence-corrected chi connectivity index (χ1v) is 33.5. The molecule has 103 heavy (non-hydrogen) atoms. The summed E-state index contributed by atoms with van der Waals surface area (Å²) < 4.78 is 38.7. The first-order chi connectivity index (χ1) is 49.2. The zero-order chi connectivity index (χ0) is 74.4. The van der Waals surface area contributed by atoms with Crippen molar-refractivity contribution in [2.75, 3.05) is 61.7 Å². The molecule has 5 fully saturated rings. The first-order valence-electron chi connectivity index (χ1n) is 33.5. The summed E-state index contributed by atoms with van der Waals surface area (Å²) in [5.74, 6) is 7.34. The molecule has 15 rings (SSSR count). The van der Waals surface area contributed by atoms with Crippen molar-refractivity contribution >= 4 is 96.8 Å². The minimum atomic E-state index is -1.38. The molecule has 10 aromatic rings. The Morgan fingerprint density at radius 3 is 1.07 bits per heavy atom. The molecule has 0 spiro atoms. The average molecular weight is 1420 g/mol. The molecule has 33 heteroatoms. The Labute approximate surface area is 591 Å². The Hall–Kier alpha value is -9.88. The molecule has 5 aliphatic heterocycles. The van der Waals surface area contributed by atoms with Crippen molar-refractivity contribution in [2.45, 2.75) is 160 Å². The van der Waals surface area contributed by atoms with Gasteiger partial charge in [-0.2, -0.15) is 0 Å². The summed E-state index contributed by atoms with van der Waals surface area (Å²) in [5, 5.41) is 61.8. The van der Waals surface area contributed by atoms with Gasteiger partial charge in [-0.25, -0.2) is 49.8 Å². The topological polar surface area (TPSA) is 485 Å². The van der Waals surface area contributed by atoms with Crippen LogP contribution in [0.4, 0.5) is 29.1 Å². The van der Waals surface area contributed by atoms with Gasteiger partial charge in [-0.3, -0.25) is 0 Å². The molecular formula is C70H88N20O13. The second kappa shape index (κ2) is 29.5. The molecule has 0 radical (unpaired) electrons. The standard InChI is InChI=1S/C15H18N4O2.C14H20N4O3.C14H18N4O3.C14H16N4O3.C13H16N4O2/c1-4-15(7-20)10(3)5-11(21-15)19-6-9(2)12-13(16)17-8-18-14(12)19;2*1-8-4-18(13-11(8)12(15)16-7-17-13)10-3-9(2)14(5-19,6-20)21-10;1-3-14(6-19)9(20)4-10(21-14)18-5-8(2)11-12(15)16-7-17-13(11)18;1-7-3-10(19-9(7)5-18)17-4-8(2)11-12(14)15-6-16-13(11)17/h1,6,8,10-11,20H,5,7H2,2-3H3,(H2,16,17,18);4,7,9-10,19-20H,3,5-6H2,1-2H3,(H2,15,16,17);4-5,7,9-10,20H,3,6H2,1-2H3,(H2,15,16,17);1,5,7,9-10,19-20H,4,6H2,2H3,(H2,15,16,17);4-7,9-10H,3H2,1-2H3,(H2,14,15,16)/t10-,11+,15+;9-,10+;2*9-,10+,14+;7-,9+,10+/m00000/s1. The van der Waals surface area contributed by atoms with Crippen LogP contribution in [0, 0.1) is 83.0 Å². The molecule has 0 saturated carbocycles. The summed E-state index contributed by atoms with van der Waals surface area (Å²) in [6, 6.07) is 0. The van der Waals surface area contributed by atoms with Crippen molar-refractivity contribution in [3.8, 4) is 24.7 Å². The number of carbonyl (C=O) groups is 2. The van der Waals surface area contributed by atoms with E-state index in [0.717, 1.165) is 78.7 Å². The number of terminal acetylenes is 2. The van der Waals surface area contributed by atoms with E-state index < -0.39 is 41.3 Å². The van der Waals surface area contributed by atoms with E-state index in [2.05, 4.69) is 61.7 Å². The van der Waals surface area contributed by atoms with Gasteiger partial charge in [-0.15, -0.1) is 12.8 Å². The van der Waals surface area contributed by atoms with Crippen LogP contribution in [-0.2, 0) is 33.3 Å². The van der Waals surface area contributed by atoms with Crippen LogP contribution in [0.3, 0.4) is 0 Å². The molecule has 0 aliphatic carbocycles. The molecule has 15 heterocycles. The number of hydrogen-bond acceptors (Lipinski definition) is 28. The van der Waals surface area contributed by atoms with Crippen LogP contribution in [0.5, 0.6) is 0 Å². The lowest BCUT2D eigenvalue weighted by molar-refractivity contribution is -0.144. The minimum Gasteiger partial charge on any atom is -0.393 e. The van der Waals surface area contributed by atoms with E-state index in [1.165, 1.54) is 31.6 Å². The number of aromatic nitrogens is 15. The maximum Gasteiger partial charge on any atom is 0.179 e. The SMILES string of the molecule is C#C[C@]1(CO)O[C@@H](n2cc(C)c3c(N)ncnc32)C[C@@H]1C.C#C[C@]1(CO)O[C@@H](n2cc(C)c3c(N)ncnc32)C[C@@H]1O.Cc1cn([C@H]2C[C@H](C)C(CO)(CO)O2)c2ncnc(N)c12.Cc1cn([C@H]2C[C@H](C)[C@@H](C=O)O2)c2ncnc(N)c12.Cc1cn([C@H]2C[C@H](C)[C@@](C=O)(CO)O2)c2ncnc(N)c12. The number of aliphatic hydroxyl groups is 6. The largest absolute Gasteiger partial charge is 0.393 e. The lowest BCUT2D eigenvalue weighted by Crippen LogP contribution is -2.42. The Morgan fingerprint density at radius 1 is 0.447 bits per heavy atom. The number of aldehydes is 2. The maximum atomic E-state index is 11.3. The average Bonchev–Trinajstić information content (AvgIpc) is 1.63. The number of carbonyl (C=O) groups excluding carboxylic acids is 2. The van der Waals surface area contributed by atoms with E-state index in [1.54, 1.807) is 4.57 Å². The van der Waals surface area contributed by atoms with E-state index in [-0.39, 0.29) is 87.5 Å². The highest BCUT2D eigenvalue weighted by molar-refractivity contribution is 5.92. The van der Waals surface area contributed by atoms with E-state index in [4.69, 9.17) is 65.2 Å². The third-order valence-electron chi connectivity index (χ3n) is 20.8. The number of nitrogens with zero attached hydrogens (tertiary/aromatic N) is 15. The number of aliphatic hydroxyl groups excluding tert-OH is 6. The number of nitrogens with two attached hydrogens (primary N) is 5. The molecule has 0 aromatic carbocycles. The number of aryl methyl sites for hydroxylation is 5. The molecular weight excluding hydrogens is 1330 g/mol. The fraction of sp³-hybridized carbons (Fsp3) is 0.486. The summed E-state index contributed by atoms with van der Waals surface area (Å²) >= 11 is 0. The number of fused-ring (bicyclic) bond motifs is 5. The van der Waals surface area contributed by atoms with Gasteiger partial charge in [0.05, 0.1) is 60.0 Å². The molecule has 546 valence electrons. The van der Waals surface area contributed by atoms with Gasteiger partial charge in [0.25, 0.3) is 0 Å². The van der Waals surface area contributed by atoms with Gasteiger partial charge >= 0.3 is 0 Å². The Morgan fingerprint density at radius 2 is 0.777 bits per heavy atom. The van der Waals surface area contributed by atoms with Gasteiger partial charge in [0.2, 0.25) is 0 Å². The van der Waals surface area contributed by atoms with Crippen molar-refractivity contribution < 1.29 is 63.9 Å². The highest BCUT2D eigenvalue weighted by Gasteiger charge is 2.51. The van der Waals surface area contributed by atoms with E-state index in [1.807, 2.05) is 112 Å².